The van der Waals surface area contributed by atoms with Gasteiger partial charge >= 0.3 is 103 Å². The van der Waals surface area contributed by atoms with Crippen LogP contribution in [0.15, 0.2) is 0 Å². The van der Waals surface area contributed by atoms with Crippen molar-refractivity contribution in [1.82, 2.24) is 5.32 Å². The Hall–Kier alpha value is 2.81. The average Bonchev–Trinajstić information content (AvgIpc) is 2.03. The maximum absolute atomic E-state index is 10.4. The van der Waals surface area contributed by atoms with Gasteiger partial charge in [-0.1, -0.05) is 24.6 Å². The molecule has 0 aromatic rings. The largest absolute Gasteiger partial charge is 1.00 e. The van der Waals surface area contributed by atoms with Crippen molar-refractivity contribution >= 4 is 35.1 Å². The van der Waals surface area contributed by atoms with Gasteiger partial charge in [-0.15, -0.1) is 0 Å². The van der Waals surface area contributed by atoms with E-state index in [0.717, 1.165) is 6.42 Å². The summed E-state index contributed by atoms with van der Waals surface area (Å²) >= 11 is 8.26. The number of aliphatic carboxylic acids is 1. The molecule has 8 heteroatoms. The molecule has 0 heterocycles. The van der Waals surface area contributed by atoms with E-state index in [4.69, 9.17) is 0 Å². The van der Waals surface area contributed by atoms with Crippen LogP contribution in [0.3, 0.4) is 0 Å². The van der Waals surface area contributed by atoms with Crippen molar-refractivity contribution in [1.29, 1.82) is 0 Å². The fraction of sp³-hybridized carbons (Fsp3) is 0.750. The Kier molecular flexibility index (Phi) is 30.3. The molecular formula is C8H16K2N2O2S2. The van der Waals surface area contributed by atoms with Crippen molar-refractivity contribution in [3.63, 3.8) is 0 Å². The number of carboxylic acids is 1. The number of hydrogen-bond acceptors (Lipinski definition) is 5. The van der Waals surface area contributed by atoms with Crippen LogP contribution in [0.2, 0.25) is 0 Å². The second kappa shape index (κ2) is 17.8. The summed E-state index contributed by atoms with van der Waals surface area (Å²) in [5.41, 5.74) is 4.66. The van der Waals surface area contributed by atoms with E-state index in [1.165, 1.54) is 0 Å². The Labute approximate surface area is 194 Å². The Morgan fingerprint density at radius 1 is 1.56 bits per heavy atom. The van der Waals surface area contributed by atoms with E-state index in [-0.39, 0.29) is 113 Å². The van der Waals surface area contributed by atoms with Gasteiger partial charge in [-0.3, -0.25) is 0 Å². The van der Waals surface area contributed by atoms with Crippen molar-refractivity contribution < 1.29 is 113 Å². The van der Waals surface area contributed by atoms with Gasteiger partial charge in [0.2, 0.25) is 0 Å². The van der Waals surface area contributed by atoms with E-state index in [1.54, 1.807) is 7.05 Å². The number of hydrogen-bond donors (Lipinski definition) is 2. The van der Waals surface area contributed by atoms with Crippen LogP contribution in [0.5, 0.6) is 0 Å². The maximum atomic E-state index is 10.4. The summed E-state index contributed by atoms with van der Waals surface area (Å²) in [5.74, 6) is -0.883. The summed E-state index contributed by atoms with van der Waals surface area (Å²) in [6.07, 6.45) is 0.847. The number of carbonyl (C=O) groups is 1. The molecule has 0 bridgehead atoms. The third kappa shape index (κ3) is 19.2. The molecule has 0 aliphatic rings. The van der Waals surface area contributed by atoms with E-state index in [1.807, 2.05) is 13.8 Å². The zero-order valence-corrected chi connectivity index (χ0v) is 18.5. The molecule has 16 heavy (non-hydrogen) atoms. The first-order chi connectivity index (χ1) is 6.36. The van der Waals surface area contributed by atoms with Crippen LogP contribution < -0.4 is 119 Å². The van der Waals surface area contributed by atoms with Gasteiger partial charge in [0.1, 0.15) is 0 Å². The summed E-state index contributed by atoms with van der Waals surface area (Å²) in [7, 11) is 1.63. The molecular weight excluding hydrogens is 298 g/mol. The third-order valence-electron chi connectivity index (χ3n) is 1.78. The van der Waals surface area contributed by atoms with E-state index in [2.05, 4.69) is 35.9 Å². The molecule has 4 nitrogen and oxygen atoms in total. The van der Waals surface area contributed by atoms with Gasteiger partial charge in [0, 0.05) is 6.04 Å². The number of nitrogens with one attached hydrogen (secondary N) is 1. The molecule has 0 radical (unpaired) electrons. The normalized spacial score (nSPS) is 11.7. The second-order valence-corrected chi connectivity index (χ2v) is 3.93. The van der Waals surface area contributed by atoms with Gasteiger partial charge in [0.05, 0.1) is 5.97 Å². The molecule has 84 valence electrons. The standard InChI is InChI=1S/C7H15NO2.CH3NS2.2K/c1-4-5(2)6(8-3)7(9)10;2-1(3)4;;/h5-6,8H,4H2,1-3H3,(H,9,10);(H3,2,3,4);;/q;;2*+1/p-2/t5-,6-;;;/m0.../s1. The molecule has 0 rings (SSSR count). The van der Waals surface area contributed by atoms with Crippen LogP contribution in [0.1, 0.15) is 20.3 Å². The topological polar surface area (TPSA) is 78.2 Å². The summed E-state index contributed by atoms with van der Waals surface area (Å²) < 4.78 is 0.0833. The predicted octanol–water partition coefficient (Wildman–Crippen LogP) is -6.84. The molecule has 0 fully saturated rings. The zero-order valence-electron chi connectivity index (χ0n) is 10.6. The van der Waals surface area contributed by atoms with Crippen LogP contribution in [-0.2, 0) is 17.4 Å². The summed E-state index contributed by atoms with van der Waals surface area (Å²) in [6, 6.07) is -0.509. The van der Waals surface area contributed by atoms with Gasteiger partial charge < -0.3 is 45.8 Å². The van der Waals surface area contributed by atoms with Crippen molar-refractivity contribution in [2.24, 2.45) is 11.7 Å². The molecule has 0 saturated heterocycles. The maximum Gasteiger partial charge on any atom is 1.00 e. The molecule has 0 unspecified atom stereocenters. The molecule has 3 N–H and O–H groups in total. The average molecular weight is 315 g/mol. The fourth-order valence-electron chi connectivity index (χ4n) is 0.870. The quantitative estimate of drug-likeness (QED) is 0.305. The molecule has 0 aromatic heterocycles. The summed E-state index contributed by atoms with van der Waals surface area (Å²) in [4.78, 5) is 10.4. The predicted molar refractivity (Wildman–Crippen MR) is 61.5 cm³/mol. The number of rotatable bonds is 4. The van der Waals surface area contributed by atoms with E-state index >= 15 is 0 Å². The second-order valence-electron chi connectivity index (χ2n) is 2.79. The van der Waals surface area contributed by atoms with Crippen molar-refractivity contribution in [3.05, 3.63) is 0 Å². The Morgan fingerprint density at radius 2 is 1.88 bits per heavy atom. The van der Waals surface area contributed by atoms with Crippen LogP contribution in [0, 0.1) is 5.92 Å². The van der Waals surface area contributed by atoms with E-state index in [0.29, 0.717) is 0 Å². The number of carbonyl (C=O) groups excluding carboxylic acids is 1. The van der Waals surface area contributed by atoms with Crippen molar-refractivity contribution in [2.75, 3.05) is 7.05 Å². The van der Waals surface area contributed by atoms with Gasteiger partial charge in [-0.25, -0.2) is 0 Å². The van der Waals surface area contributed by atoms with E-state index < -0.39 is 12.0 Å². The molecule has 0 spiro atoms. The van der Waals surface area contributed by atoms with E-state index in [9.17, 15) is 9.90 Å². The van der Waals surface area contributed by atoms with Crippen LogP contribution in [0.4, 0.5) is 0 Å². The molecule has 0 saturated carbocycles. The zero-order chi connectivity index (χ0) is 11.7. The SMILES string of the molecule is CC[C@H](C)[C@H](NC)C(=O)[O-].NC(=S)[S-].[K+].[K+]. The molecule has 0 amide bonds. The minimum atomic E-state index is -1.02. The number of thiocarbonyl (C=S) groups is 1. The smallest absolute Gasteiger partial charge is 0.548 e. The molecule has 0 aliphatic heterocycles. The molecule has 0 aliphatic carbocycles. The van der Waals surface area contributed by atoms with Crippen molar-refractivity contribution in [2.45, 2.75) is 26.3 Å². The van der Waals surface area contributed by atoms with Gasteiger partial charge in [0.15, 0.2) is 0 Å². The first kappa shape index (κ1) is 27.2. The minimum absolute atomic E-state index is 0. The number of carboxylic acid groups (broad SMARTS) is 1. The molecule has 2 atom stereocenters. The van der Waals surface area contributed by atoms with Gasteiger partial charge in [-0.05, 0) is 13.0 Å². The summed E-state index contributed by atoms with van der Waals surface area (Å²) in [6.45, 7) is 3.84. The van der Waals surface area contributed by atoms with Gasteiger partial charge in [0.25, 0.3) is 0 Å². The fourth-order valence-corrected chi connectivity index (χ4v) is 0.870. The number of nitrogens with two attached hydrogens (primary N) is 1. The monoisotopic (exact) mass is 314 g/mol. The number of likely N-dealkylation sites (N-methyl/N-ethyl adjacent to an activating group) is 1. The molecule has 0 aromatic carbocycles. The first-order valence-electron chi connectivity index (χ1n) is 4.21. The van der Waals surface area contributed by atoms with Gasteiger partial charge in [-0.2, -0.15) is 0 Å². The first-order valence-corrected chi connectivity index (χ1v) is 5.03. The Balaban J connectivity index is -0.000000105. The minimum Gasteiger partial charge on any atom is -0.548 e. The van der Waals surface area contributed by atoms with Crippen molar-refractivity contribution in [3.8, 4) is 0 Å². The Bertz CT molecular complexity index is 193. The summed E-state index contributed by atoms with van der Waals surface area (Å²) in [5, 5.41) is 13.0. The van der Waals surface area contributed by atoms with Crippen LogP contribution in [0.25, 0.3) is 0 Å². The third-order valence-corrected chi connectivity index (χ3v) is 1.78. The Morgan fingerprint density at radius 3 is 1.94 bits per heavy atom. The van der Waals surface area contributed by atoms with Crippen LogP contribution >= 0.6 is 12.2 Å². The van der Waals surface area contributed by atoms with Crippen LogP contribution in [-0.4, -0.2) is 23.4 Å².